The molecule has 0 atom stereocenters. The summed E-state index contributed by atoms with van der Waals surface area (Å²) in [5.41, 5.74) is 1.18. The summed E-state index contributed by atoms with van der Waals surface area (Å²) in [5.74, 6) is 0.941. The summed E-state index contributed by atoms with van der Waals surface area (Å²) in [6.07, 6.45) is 1.67. The third-order valence-corrected chi connectivity index (χ3v) is 3.86. The van der Waals surface area contributed by atoms with Gasteiger partial charge in [-0.3, -0.25) is 4.90 Å². The molecule has 118 valence electrons. The average molecular weight is 310 g/mol. The molecule has 1 aromatic heterocycles. The van der Waals surface area contributed by atoms with Crippen molar-refractivity contribution in [1.82, 2.24) is 9.80 Å². The van der Waals surface area contributed by atoms with Crippen LogP contribution in [0.15, 0.2) is 47.1 Å². The lowest BCUT2D eigenvalue weighted by Crippen LogP contribution is -2.49. The summed E-state index contributed by atoms with van der Waals surface area (Å²) in [4.78, 5) is 16.3. The van der Waals surface area contributed by atoms with Crippen molar-refractivity contribution in [3.8, 4) is 6.07 Å². The van der Waals surface area contributed by atoms with Gasteiger partial charge in [0.1, 0.15) is 5.76 Å². The largest absolute Gasteiger partial charge is 0.468 e. The van der Waals surface area contributed by atoms with Crippen LogP contribution >= 0.6 is 0 Å². The summed E-state index contributed by atoms with van der Waals surface area (Å²) >= 11 is 0. The Morgan fingerprint density at radius 2 is 2.04 bits per heavy atom. The molecule has 1 N–H and O–H groups in total. The molecule has 2 amide bonds. The lowest BCUT2D eigenvalue weighted by molar-refractivity contribution is 0.137. The lowest BCUT2D eigenvalue weighted by Gasteiger charge is -2.34. The monoisotopic (exact) mass is 310 g/mol. The van der Waals surface area contributed by atoms with Crippen LogP contribution in [0.5, 0.6) is 0 Å². The number of nitriles is 1. The zero-order valence-electron chi connectivity index (χ0n) is 12.7. The first kappa shape index (κ1) is 15.1. The molecule has 6 heteroatoms. The maximum atomic E-state index is 12.3. The molecule has 0 saturated carbocycles. The summed E-state index contributed by atoms with van der Waals surface area (Å²) in [5, 5.41) is 11.7. The zero-order valence-corrected chi connectivity index (χ0v) is 12.7. The lowest BCUT2D eigenvalue weighted by atomic mass is 10.2. The normalized spacial score (nSPS) is 15.2. The van der Waals surface area contributed by atoms with Crippen LogP contribution in [0.4, 0.5) is 10.5 Å². The van der Waals surface area contributed by atoms with Crippen molar-refractivity contribution >= 4 is 11.7 Å². The number of nitrogens with one attached hydrogen (secondary N) is 1. The Bertz CT molecular complexity index is 698. The number of rotatable bonds is 3. The van der Waals surface area contributed by atoms with Crippen LogP contribution in [0.25, 0.3) is 0 Å². The Kier molecular flexibility index (Phi) is 4.60. The molecule has 0 bridgehead atoms. The molecule has 3 rings (SSSR count). The van der Waals surface area contributed by atoms with E-state index < -0.39 is 0 Å². The summed E-state index contributed by atoms with van der Waals surface area (Å²) in [6, 6.07) is 12.7. The number of piperazine rings is 1. The number of carbonyl (C=O) groups excluding carboxylic acids is 1. The number of carbonyl (C=O) groups is 1. The third kappa shape index (κ3) is 3.90. The molecule has 23 heavy (non-hydrogen) atoms. The Morgan fingerprint density at radius 3 is 2.74 bits per heavy atom. The van der Waals surface area contributed by atoms with Gasteiger partial charge in [0.05, 0.1) is 24.4 Å². The van der Waals surface area contributed by atoms with Crippen LogP contribution in [0.2, 0.25) is 0 Å². The number of amides is 2. The van der Waals surface area contributed by atoms with Crippen molar-refractivity contribution in [3.05, 3.63) is 54.0 Å². The highest BCUT2D eigenvalue weighted by atomic mass is 16.3. The van der Waals surface area contributed by atoms with Gasteiger partial charge in [-0.15, -0.1) is 0 Å². The minimum Gasteiger partial charge on any atom is -0.468 e. The highest BCUT2D eigenvalue weighted by molar-refractivity contribution is 5.89. The first-order valence-corrected chi connectivity index (χ1v) is 7.55. The summed E-state index contributed by atoms with van der Waals surface area (Å²) < 4.78 is 5.35. The number of benzene rings is 1. The highest BCUT2D eigenvalue weighted by Gasteiger charge is 2.21. The third-order valence-electron chi connectivity index (χ3n) is 3.86. The molecule has 1 aliphatic heterocycles. The van der Waals surface area contributed by atoms with Gasteiger partial charge in [-0.05, 0) is 30.3 Å². The number of anilines is 1. The smallest absolute Gasteiger partial charge is 0.321 e. The number of furan rings is 1. The fraction of sp³-hybridized carbons (Fsp3) is 0.294. The van der Waals surface area contributed by atoms with Gasteiger partial charge in [-0.1, -0.05) is 6.07 Å². The molecule has 1 fully saturated rings. The second-order valence-corrected chi connectivity index (χ2v) is 5.47. The topological polar surface area (TPSA) is 72.5 Å². The van der Waals surface area contributed by atoms with E-state index in [1.54, 1.807) is 35.4 Å². The van der Waals surface area contributed by atoms with E-state index >= 15 is 0 Å². The Balaban J connectivity index is 1.51. The second kappa shape index (κ2) is 6.99. The van der Waals surface area contributed by atoms with Gasteiger partial charge >= 0.3 is 6.03 Å². The fourth-order valence-electron chi connectivity index (χ4n) is 2.60. The minimum atomic E-state index is -0.127. The van der Waals surface area contributed by atoms with Crippen molar-refractivity contribution < 1.29 is 9.21 Å². The molecular formula is C17H18N4O2. The molecule has 1 aromatic carbocycles. The molecule has 2 aromatic rings. The van der Waals surface area contributed by atoms with Crippen molar-refractivity contribution in [3.63, 3.8) is 0 Å². The maximum absolute atomic E-state index is 12.3. The first-order valence-electron chi connectivity index (χ1n) is 7.55. The fourth-order valence-corrected chi connectivity index (χ4v) is 2.60. The van der Waals surface area contributed by atoms with E-state index in [1.807, 2.05) is 12.1 Å². The highest BCUT2D eigenvalue weighted by Crippen LogP contribution is 2.13. The molecule has 1 saturated heterocycles. The van der Waals surface area contributed by atoms with E-state index in [9.17, 15) is 4.79 Å². The van der Waals surface area contributed by atoms with Gasteiger partial charge < -0.3 is 14.6 Å². The van der Waals surface area contributed by atoms with Crippen molar-refractivity contribution in [2.45, 2.75) is 6.54 Å². The zero-order chi connectivity index (χ0) is 16.1. The van der Waals surface area contributed by atoms with E-state index in [0.717, 1.165) is 25.4 Å². The van der Waals surface area contributed by atoms with Gasteiger partial charge in [-0.25, -0.2) is 4.79 Å². The van der Waals surface area contributed by atoms with Crippen molar-refractivity contribution in [2.75, 3.05) is 31.5 Å². The van der Waals surface area contributed by atoms with Crippen LogP contribution < -0.4 is 5.32 Å². The predicted octanol–water partition coefficient (Wildman–Crippen LogP) is 2.50. The second-order valence-electron chi connectivity index (χ2n) is 5.47. The molecule has 1 aliphatic rings. The van der Waals surface area contributed by atoms with E-state index in [0.29, 0.717) is 24.3 Å². The van der Waals surface area contributed by atoms with Crippen LogP contribution in [0.1, 0.15) is 11.3 Å². The van der Waals surface area contributed by atoms with Crippen LogP contribution in [0, 0.1) is 11.3 Å². The van der Waals surface area contributed by atoms with Gasteiger partial charge in [0.25, 0.3) is 0 Å². The molecule has 2 heterocycles. The molecule has 0 aliphatic carbocycles. The first-order chi connectivity index (χ1) is 11.2. The van der Waals surface area contributed by atoms with Crippen molar-refractivity contribution in [1.29, 1.82) is 5.26 Å². The molecule has 0 radical (unpaired) electrons. The van der Waals surface area contributed by atoms with E-state index in [1.165, 1.54) is 0 Å². The van der Waals surface area contributed by atoms with Gasteiger partial charge in [-0.2, -0.15) is 5.26 Å². The number of nitrogens with zero attached hydrogens (tertiary/aromatic N) is 3. The predicted molar refractivity (Wildman–Crippen MR) is 85.7 cm³/mol. The summed E-state index contributed by atoms with van der Waals surface area (Å²) in [7, 11) is 0. The van der Waals surface area contributed by atoms with E-state index in [4.69, 9.17) is 9.68 Å². The molecule has 0 unspecified atom stereocenters. The van der Waals surface area contributed by atoms with Crippen LogP contribution in [0.3, 0.4) is 0 Å². The quantitative estimate of drug-likeness (QED) is 0.945. The molecule has 6 nitrogen and oxygen atoms in total. The summed E-state index contributed by atoms with van der Waals surface area (Å²) in [6.45, 7) is 3.74. The van der Waals surface area contributed by atoms with Gasteiger partial charge in [0.2, 0.25) is 0 Å². The Hall–Kier alpha value is -2.78. The van der Waals surface area contributed by atoms with Crippen LogP contribution in [-0.2, 0) is 6.54 Å². The number of hydrogen-bond acceptors (Lipinski definition) is 4. The van der Waals surface area contributed by atoms with E-state index in [2.05, 4.69) is 16.3 Å². The molecule has 0 spiro atoms. The number of urea groups is 1. The molecular weight excluding hydrogens is 292 g/mol. The SMILES string of the molecule is N#Cc1cccc(NC(=O)N2CCN(Cc3ccco3)CC2)c1. The average Bonchev–Trinajstić information content (AvgIpc) is 3.08. The standard InChI is InChI=1S/C17H18N4O2/c18-12-14-3-1-4-15(11-14)19-17(22)21-8-6-20(7-9-21)13-16-5-2-10-23-16/h1-5,10-11H,6-9,13H2,(H,19,22). The Labute approximate surface area is 134 Å². The van der Waals surface area contributed by atoms with Gasteiger partial charge in [0, 0.05) is 31.9 Å². The minimum absolute atomic E-state index is 0.127. The van der Waals surface area contributed by atoms with E-state index in [-0.39, 0.29) is 6.03 Å². The van der Waals surface area contributed by atoms with Crippen molar-refractivity contribution in [2.24, 2.45) is 0 Å². The van der Waals surface area contributed by atoms with Crippen LogP contribution in [-0.4, -0.2) is 42.0 Å². The Morgan fingerprint density at radius 1 is 1.22 bits per heavy atom. The number of hydrogen-bond donors (Lipinski definition) is 1. The maximum Gasteiger partial charge on any atom is 0.321 e. The van der Waals surface area contributed by atoms with Gasteiger partial charge in [0.15, 0.2) is 0 Å².